The summed E-state index contributed by atoms with van der Waals surface area (Å²) in [5.74, 6) is 0.791. The standard InChI is InChI=1S/C12H19NO2/c1-12(2,3)13-11-7-10(15-4)6-5-9(11)8-14/h5-7,13-14H,8H2,1-4H3. The molecule has 0 aliphatic carbocycles. The largest absolute Gasteiger partial charge is 0.497 e. The van der Waals surface area contributed by atoms with Gasteiger partial charge >= 0.3 is 0 Å². The van der Waals surface area contributed by atoms with Gasteiger partial charge < -0.3 is 15.2 Å². The van der Waals surface area contributed by atoms with Gasteiger partial charge in [0.1, 0.15) is 5.75 Å². The van der Waals surface area contributed by atoms with Crippen LogP contribution < -0.4 is 10.1 Å². The zero-order valence-electron chi connectivity index (χ0n) is 9.79. The van der Waals surface area contributed by atoms with Crippen LogP contribution in [-0.2, 0) is 6.61 Å². The molecule has 3 nitrogen and oxygen atoms in total. The summed E-state index contributed by atoms with van der Waals surface area (Å²) in [5.41, 5.74) is 1.77. The van der Waals surface area contributed by atoms with Gasteiger partial charge in [0.05, 0.1) is 13.7 Å². The predicted octanol–water partition coefficient (Wildman–Crippen LogP) is 2.40. The third-order valence-corrected chi connectivity index (χ3v) is 2.00. The molecule has 3 heteroatoms. The van der Waals surface area contributed by atoms with Gasteiger partial charge in [-0.05, 0) is 26.8 Å². The molecule has 0 spiro atoms. The van der Waals surface area contributed by atoms with Gasteiger partial charge in [-0.2, -0.15) is 0 Å². The van der Waals surface area contributed by atoms with Crippen LogP contribution in [0.3, 0.4) is 0 Å². The SMILES string of the molecule is COc1ccc(CO)c(NC(C)(C)C)c1. The lowest BCUT2D eigenvalue weighted by atomic mass is 10.1. The Balaban J connectivity index is 3.01. The molecule has 1 aromatic rings. The molecular formula is C12H19NO2. The Morgan fingerprint density at radius 3 is 2.47 bits per heavy atom. The normalized spacial score (nSPS) is 11.3. The van der Waals surface area contributed by atoms with E-state index in [1.54, 1.807) is 7.11 Å². The Labute approximate surface area is 91.1 Å². The Kier molecular flexibility index (Phi) is 3.58. The molecule has 0 atom stereocenters. The first kappa shape index (κ1) is 11.9. The first-order chi connectivity index (χ1) is 6.96. The van der Waals surface area contributed by atoms with Crippen molar-refractivity contribution >= 4 is 5.69 Å². The fourth-order valence-corrected chi connectivity index (χ4v) is 1.34. The topological polar surface area (TPSA) is 41.5 Å². The number of ether oxygens (including phenoxy) is 1. The quantitative estimate of drug-likeness (QED) is 0.803. The van der Waals surface area contributed by atoms with Crippen LogP contribution >= 0.6 is 0 Å². The smallest absolute Gasteiger partial charge is 0.120 e. The molecule has 0 saturated heterocycles. The minimum atomic E-state index is -0.0315. The number of nitrogens with one attached hydrogen (secondary N) is 1. The highest BCUT2D eigenvalue weighted by Gasteiger charge is 2.12. The molecule has 0 fully saturated rings. The molecular weight excluding hydrogens is 190 g/mol. The average Bonchev–Trinajstić information content (AvgIpc) is 2.15. The Morgan fingerprint density at radius 2 is 2.00 bits per heavy atom. The summed E-state index contributed by atoms with van der Waals surface area (Å²) in [6.45, 7) is 6.26. The van der Waals surface area contributed by atoms with Crippen molar-refractivity contribution < 1.29 is 9.84 Å². The lowest BCUT2D eigenvalue weighted by Gasteiger charge is -2.24. The number of aliphatic hydroxyl groups excluding tert-OH is 1. The summed E-state index contributed by atoms with van der Waals surface area (Å²) >= 11 is 0. The van der Waals surface area contributed by atoms with Gasteiger partial charge in [0.2, 0.25) is 0 Å². The first-order valence-corrected chi connectivity index (χ1v) is 5.02. The maximum absolute atomic E-state index is 9.20. The zero-order chi connectivity index (χ0) is 11.5. The highest BCUT2D eigenvalue weighted by Crippen LogP contribution is 2.25. The molecule has 0 aliphatic heterocycles. The van der Waals surface area contributed by atoms with E-state index in [4.69, 9.17) is 4.74 Å². The molecule has 1 aromatic carbocycles. The molecule has 2 N–H and O–H groups in total. The molecule has 0 aromatic heterocycles. The van der Waals surface area contributed by atoms with Gasteiger partial charge in [-0.15, -0.1) is 0 Å². The molecule has 0 bridgehead atoms. The third-order valence-electron chi connectivity index (χ3n) is 2.00. The second kappa shape index (κ2) is 4.53. The van der Waals surface area contributed by atoms with E-state index in [2.05, 4.69) is 26.1 Å². The van der Waals surface area contributed by atoms with Gasteiger partial charge in [0, 0.05) is 22.9 Å². The van der Waals surface area contributed by atoms with Gasteiger partial charge in [0.25, 0.3) is 0 Å². The van der Waals surface area contributed by atoms with Gasteiger partial charge in [-0.3, -0.25) is 0 Å². The number of methoxy groups -OCH3 is 1. The Hall–Kier alpha value is -1.22. The van der Waals surface area contributed by atoms with Gasteiger partial charge in [-0.25, -0.2) is 0 Å². The van der Waals surface area contributed by atoms with Gasteiger partial charge in [0.15, 0.2) is 0 Å². The van der Waals surface area contributed by atoms with Crippen molar-refractivity contribution in [1.29, 1.82) is 0 Å². The van der Waals surface area contributed by atoms with Crippen molar-refractivity contribution in [3.63, 3.8) is 0 Å². The van der Waals surface area contributed by atoms with Crippen LogP contribution in [0.4, 0.5) is 5.69 Å². The highest BCUT2D eigenvalue weighted by molar-refractivity contribution is 5.56. The predicted molar refractivity (Wildman–Crippen MR) is 62.3 cm³/mol. The maximum Gasteiger partial charge on any atom is 0.120 e. The second-order valence-corrected chi connectivity index (χ2v) is 4.56. The van der Waals surface area contributed by atoms with Gasteiger partial charge in [-0.1, -0.05) is 6.07 Å². The summed E-state index contributed by atoms with van der Waals surface area (Å²) in [5, 5.41) is 12.5. The van der Waals surface area contributed by atoms with Crippen LogP contribution in [0, 0.1) is 0 Å². The van der Waals surface area contributed by atoms with Crippen LogP contribution in [0.15, 0.2) is 18.2 Å². The molecule has 0 radical (unpaired) electrons. The van der Waals surface area contributed by atoms with E-state index in [0.29, 0.717) is 0 Å². The third kappa shape index (κ3) is 3.44. The number of hydrogen-bond donors (Lipinski definition) is 2. The lowest BCUT2D eigenvalue weighted by molar-refractivity contribution is 0.282. The fraction of sp³-hybridized carbons (Fsp3) is 0.500. The molecule has 1 rings (SSSR count). The van der Waals surface area contributed by atoms with Crippen LogP contribution in [0.5, 0.6) is 5.75 Å². The van der Waals surface area contributed by atoms with E-state index in [0.717, 1.165) is 17.0 Å². The summed E-state index contributed by atoms with van der Waals surface area (Å²) in [7, 11) is 1.63. The minimum absolute atomic E-state index is 0.0302. The highest BCUT2D eigenvalue weighted by atomic mass is 16.5. The first-order valence-electron chi connectivity index (χ1n) is 5.02. The van der Waals surface area contributed by atoms with E-state index >= 15 is 0 Å². The Morgan fingerprint density at radius 1 is 1.33 bits per heavy atom. The molecule has 0 amide bonds. The zero-order valence-corrected chi connectivity index (χ0v) is 9.79. The minimum Gasteiger partial charge on any atom is -0.497 e. The van der Waals surface area contributed by atoms with Crippen LogP contribution in [0.2, 0.25) is 0 Å². The van der Waals surface area contributed by atoms with Crippen LogP contribution in [0.25, 0.3) is 0 Å². The van der Waals surface area contributed by atoms with Crippen molar-refractivity contribution in [2.24, 2.45) is 0 Å². The molecule has 0 saturated carbocycles. The number of rotatable bonds is 3. The average molecular weight is 209 g/mol. The summed E-state index contributed by atoms with van der Waals surface area (Å²) in [6, 6.07) is 5.61. The van der Waals surface area contributed by atoms with Crippen LogP contribution in [-0.4, -0.2) is 17.8 Å². The maximum atomic E-state index is 9.20. The fourth-order valence-electron chi connectivity index (χ4n) is 1.34. The van der Waals surface area contributed by atoms with Crippen molar-refractivity contribution in [3.8, 4) is 5.75 Å². The summed E-state index contributed by atoms with van der Waals surface area (Å²) in [4.78, 5) is 0. The summed E-state index contributed by atoms with van der Waals surface area (Å²) < 4.78 is 5.15. The van der Waals surface area contributed by atoms with Crippen molar-refractivity contribution in [2.75, 3.05) is 12.4 Å². The summed E-state index contributed by atoms with van der Waals surface area (Å²) in [6.07, 6.45) is 0. The van der Waals surface area contributed by atoms with E-state index in [9.17, 15) is 5.11 Å². The van der Waals surface area contributed by atoms with Crippen molar-refractivity contribution in [3.05, 3.63) is 23.8 Å². The van der Waals surface area contributed by atoms with Crippen molar-refractivity contribution in [1.82, 2.24) is 0 Å². The van der Waals surface area contributed by atoms with Crippen molar-refractivity contribution in [2.45, 2.75) is 32.9 Å². The number of aliphatic hydroxyl groups is 1. The molecule has 15 heavy (non-hydrogen) atoms. The molecule has 0 unspecified atom stereocenters. The molecule has 84 valence electrons. The number of anilines is 1. The van der Waals surface area contributed by atoms with E-state index in [1.165, 1.54) is 0 Å². The molecule has 0 heterocycles. The number of hydrogen-bond acceptors (Lipinski definition) is 3. The second-order valence-electron chi connectivity index (χ2n) is 4.56. The monoisotopic (exact) mass is 209 g/mol. The molecule has 0 aliphatic rings. The van der Waals surface area contributed by atoms with E-state index in [1.807, 2.05) is 18.2 Å². The van der Waals surface area contributed by atoms with E-state index in [-0.39, 0.29) is 12.1 Å². The number of benzene rings is 1. The van der Waals surface area contributed by atoms with Crippen LogP contribution in [0.1, 0.15) is 26.3 Å². The van der Waals surface area contributed by atoms with E-state index < -0.39 is 0 Å². The Bertz CT molecular complexity index is 329. The lowest BCUT2D eigenvalue weighted by Crippen LogP contribution is -2.26.